The first-order valence-corrected chi connectivity index (χ1v) is 16.5. The Morgan fingerprint density at radius 2 is 1.43 bits per heavy atom. The molecule has 0 radical (unpaired) electrons. The number of alkyl carbamates (subject to hydrolysis) is 1. The summed E-state index contributed by atoms with van der Waals surface area (Å²) in [7, 11) is 3.20. The molecule has 1 atom stereocenters. The number of benzene rings is 2. The summed E-state index contributed by atoms with van der Waals surface area (Å²) in [5, 5.41) is 15.2. The van der Waals surface area contributed by atoms with Crippen molar-refractivity contribution in [1.82, 2.24) is 25.9 Å². The average molecular weight is 698 g/mol. The van der Waals surface area contributed by atoms with Crippen LogP contribution in [0.15, 0.2) is 72.9 Å². The van der Waals surface area contributed by atoms with E-state index in [4.69, 9.17) is 14.2 Å². The third-order valence-electron chi connectivity index (χ3n) is 7.51. The van der Waals surface area contributed by atoms with E-state index >= 15 is 0 Å². The SMILES string of the molecule is COc1ccc(C(NC(=O)c2ncc(NCC(CNC(C)=O)NC(=O)OC(C)(C)C)cc2Nc2cc(C)cc(C)n2)c2ccc(OC)cc2)cc1. The Balaban J connectivity index is 1.66. The Bertz CT molecular complexity index is 1740. The van der Waals surface area contributed by atoms with Gasteiger partial charge in [-0.25, -0.2) is 14.8 Å². The molecular weight excluding hydrogens is 650 g/mol. The molecule has 2 aromatic carbocycles. The number of rotatable bonds is 14. The molecule has 270 valence electrons. The molecule has 0 bridgehead atoms. The summed E-state index contributed by atoms with van der Waals surface area (Å²) in [5.74, 6) is 1.25. The molecule has 0 fully saturated rings. The van der Waals surface area contributed by atoms with Crippen molar-refractivity contribution in [2.45, 2.75) is 59.2 Å². The fraction of sp³-hybridized carbons (Fsp3) is 0.342. The molecule has 2 aromatic heterocycles. The van der Waals surface area contributed by atoms with Gasteiger partial charge in [0.15, 0.2) is 5.69 Å². The summed E-state index contributed by atoms with van der Waals surface area (Å²) in [6.07, 6.45) is 0.921. The van der Waals surface area contributed by atoms with E-state index < -0.39 is 29.7 Å². The largest absolute Gasteiger partial charge is 0.497 e. The van der Waals surface area contributed by atoms with Gasteiger partial charge in [0.2, 0.25) is 5.91 Å². The lowest BCUT2D eigenvalue weighted by Crippen LogP contribution is -2.48. The molecule has 13 nitrogen and oxygen atoms in total. The Hall–Kier alpha value is -5.85. The van der Waals surface area contributed by atoms with E-state index in [0.717, 1.165) is 22.4 Å². The van der Waals surface area contributed by atoms with Crippen LogP contribution in [-0.4, -0.2) is 66.8 Å². The highest BCUT2D eigenvalue weighted by molar-refractivity contribution is 5.99. The van der Waals surface area contributed by atoms with Gasteiger partial charge >= 0.3 is 6.09 Å². The highest BCUT2D eigenvalue weighted by Gasteiger charge is 2.23. The number of carbonyl (C=O) groups excluding carboxylic acids is 3. The molecule has 3 amide bonds. The molecule has 4 aromatic rings. The topological polar surface area (TPSA) is 165 Å². The molecule has 0 saturated heterocycles. The summed E-state index contributed by atoms with van der Waals surface area (Å²) in [4.78, 5) is 47.6. The third-order valence-corrected chi connectivity index (χ3v) is 7.51. The number of aromatic nitrogens is 2. The van der Waals surface area contributed by atoms with Gasteiger partial charge in [-0.15, -0.1) is 0 Å². The van der Waals surface area contributed by atoms with E-state index in [1.165, 1.54) is 13.1 Å². The Kier molecular flexibility index (Phi) is 12.8. The third kappa shape index (κ3) is 11.6. The zero-order chi connectivity index (χ0) is 37.1. The Labute approximate surface area is 298 Å². The van der Waals surface area contributed by atoms with Crippen LogP contribution in [0.4, 0.5) is 22.0 Å². The van der Waals surface area contributed by atoms with Crippen LogP contribution in [-0.2, 0) is 9.53 Å². The maximum Gasteiger partial charge on any atom is 0.407 e. The van der Waals surface area contributed by atoms with Gasteiger partial charge in [-0.1, -0.05) is 24.3 Å². The number of pyridine rings is 2. The first-order chi connectivity index (χ1) is 24.2. The Morgan fingerprint density at radius 3 is 1.96 bits per heavy atom. The molecule has 0 aliphatic heterocycles. The standard InChI is InChI=1S/C38H47N7O6/c1-23-17-24(2)42-33(18-23)44-32-19-28(40-22-29(21-39-25(3)46)43-37(48)51-38(4,5)6)20-41-35(32)36(47)45-34(26-9-13-30(49-7)14-10-26)27-11-15-31(50-8)16-12-27/h9-20,29,34,40H,21-22H2,1-8H3,(H,39,46)(H,42,44)(H,43,48)(H,45,47). The van der Waals surface area contributed by atoms with E-state index in [2.05, 4.69) is 36.6 Å². The van der Waals surface area contributed by atoms with Crippen LogP contribution in [0.1, 0.15) is 66.6 Å². The minimum absolute atomic E-state index is 0.134. The summed E-state index contributed by atoms with van der Waals surface area (Å²) < 4.78 is 16.1. The van der Waals surface area contributed by atoms with E-state index in [9.17, 15) is 14.4 Å². The van der Waals surface area contributed by atoms with Crippen LogP contribution >= 0.6 is 0 Å². The van der Waals surface area contributed by atoms with Crippen molar-refractivity contribution in [3.63, 3.8) is 0 Å². The minimum Gasteiger partial charge on any atom is -0.497 e. The molecule has 2 heterocycles. The van der Waals surface area contributed by atoms with Gasteiger partial charge in [-0.3, -0.25) is 9.59 Å². The molecule has 51 heavy (non-hydrogen) atoms. The van der Waals surface area contributed by atoms with Crippen LogP contribution in [0.5, 0.6) is 11.5 Å². The van der Waals surface area contributed by atoms with Crippen LogP contribution in [0, 0.1) is 13.8 Å². The predicted molar refractivity (Wildman–Crippen MR) is 197 cm³/mol. The molecule has 0 aliphatic carbocycles. The van der Waals surface area contributed by atoms with E-state index in [0.29, 0.717) is 28.7 Å². The summed E-state index contributed by atoms with van der Waals surface area (Å²) in [5.41, 5.74) is 3.86. The van der Waals surface area contributed by atoms with Gasteiger partial charge in [0, 0.05) is 25.7 Å². The number of ether oxygens (including phenoxy) is 3. The maximum absolute atomic E-state index is 14.1. The van der Waals surface area contributed by atoms with Crippen molar-refractivity contribution in [2.75, 3.05) is 37.9 Å². The molecular formula is C38H47N7O6. The lowest BCUT2D eigenvalue weighted by Gasteiger charge is -2.24. The lowest BCUT2D eigenvalue weighted by molar-refractivity contribution is -0.119. The Morgan fingerprint density at radius 1 is 0.824 bits per heavy atom. The number of aryl methyl sites for hydroxylation is 2. The zero-order valence-electron chi connectivity index (χ0n) is 30.3. The van der Waals surface area contributed by atoms with E-state index in [1.807, 2.05) is 74.5 Å². The van der Waals surface area contributed by atoms with Crippen molar-refractivity contribution in [1.29, 1.82) is 0 Å². The summed E-state index contributed by atoms with van der Waals surface area (Å²) in [6.45, 7) is 10.9. The van der Waals surface area contributed by atoms with Gasteiger partial charge in [0.1, 0.15) is 22.9 Å². The van der Waals surface area contributed by atoms with Crippen molar-refractivity contribution in [3.8, 4) is 11.5 Å². The van der Waals surface area contributed by atoms with Crippen LogP contribution in [0.25, 0.3) is 0 Å². The quantitative estimate of drug-likeness (QED) is 0.109. The van der Waals surface area contributed by atoms with Crippen LogP contribution in [0.2, 0.25) is 0 Å². The number of amides is 3. The van der Waals surface area contributed by atoms with Gasteiger partial charge in [-0.2, -0.15) is 0 Å². The molecule has 0 spiro atoms. The summed E-state index contributed by atoms with van der Waals surface area (Å²) in [6, 6.07) is 19.5. The second-order valence-corrected chi connectivity index (χ2v) is 13.0. The normalized spacial score (nSPS) is 11.6. The van der Waals surface area contributed by atoms with Crippen molar-refractivity contribution >= 4 is 35.1 Å². The smallest absolute Gasteiger partial charge is 0.407 e. The molecule has 5 N–H and O–H groups in total. The first kappa shape index (κ1) is 38.0. The monoisotopic (exact) mass is 697 g/mol. The number of nitrogens with one attached hydrogen (secondary N) is 5. The fourth-order valence-electron chi connectivity index (χ4n) is 5.19. The molecule has 0 saturated carbocycles. The zero-order valence-corrected chi connectivity index (χ0v) is 30.3. The number of methoxy groups -OCH3 is 2. The second-order valence-electron chi connectivity index (χ2n) is 13.0. The number of hydrogen-bond donors (Lipinski definition) is 5. The maximum atomic E-state index is 14.1. The van der Waals surface area contributed by atoms with Gasteiger partial charge in [0.05, 0.1) is 43.9 Å². The molecule has 4 rings (SSSR count). The first-order valence-electron chi connectivity index (χ1n) is 16.5. The molecule has 13 heteroatoms. The van der Waals surface area contributed by atoms with Crippen molar-refractivity contribution in [2.24, 2.45) is 0 Å². The lowest BCUT2D eigenvalue weighted by atomic mass is 9.98. The van der Waals surface area contributed by atoms with Gasteiger partial charge in [-0.05, 0) is 93.8 Å². The highest BCUT2D eigenvalue weighted by atomic mass is 16.6. The average Bonchev–Trinajstić information content (AvgIpc) is 3.07. The predicted octanol–water partition coefficient (Wildman–Crippen LogP) is 5.81. The molecule has 0 aliphatic rings. The number of carbonyl (C=O) groups is 3. The molecule has 1 unspecified atom stereocenters. The number of hydrogen-bond acceptors (Lipinski definition) is 10. The minimum atomic E-state index is -0.696. The van der Waals surface area contributed by atoms with Crippen molar-refractivity contribution < 1.29 is 28.6 Å². The van der Waals surface area contributed by atoms with Gasteiger partial charge in [0.25, 0.3) is 5.91 Å². The van der Waals surface area contributed by atoms with E-state index in [1.54, 1.807) is 41.1 Å². The van der Waals surface area contributed by atoms with Crippen LogP contribution < -0.4 is 36.1 Å². The highest BCUT2D eigenvalue weighted by Crippen LogP contribution is 2.28. The van der Waals surface area contributed by atoms with Crippen LogP contribution in [0.3, 0.4) is 0 Å². The number of anilines is 3. The fourth-order valence-corrected chi connectivity index (χ4v) is 5.19. The number of nitrogens with zero attached hydrogens (tertiary/aromatic N) is 2. The van der Waals surface area contributed by atoms with E-state index in [-0.39, 0.29) is 24.7 Å². The summed E-state index contributed by atoms with van der Waals surface area (Å²) >= 11 is 0. The van der Waals surface area contributed by atoms with Crippen molar-refractivity contribution in [3.05, 3.63) is 101 Å². The second kappa shape index (κ2) is 17.2. The van der Waals surface area contributed by atoms with Gasteiger partial charge < -0.3 is 40.8 Å².